The van der Waals surface area contributed by atoms with Crippen molar-refractivity contribution in [3.05, 3.63) is 53.6 Å². The molecule has 0 bridgehead atoms. The molecule has 0 fully saturated rings. The predicted octanol–water partition coefficient (Wildman–Crippen LogP) is 2.58. The van der Waals surface area contributed by atoms with E-state index in [9.17, 15) is 0 Å². The Hall–Kier alpha value is -2.23. The molecule has 1 rings (SSSR count). The van der Waals surface area contributed by atoms with Crippen molar-refractivity contribution in [2.24, 2.45) is 10.7 Å². The molecule has 1 aromatic carbocycles. The van der Waals surface area contributed by atoms with Gasteiger partial charge in [0.25, 0.3) is 0 Å². The van der Waals surface area contributed by atoms with Crippen molar-refractivity contribution in [2.45, 2.75) is 20.0 Å². The molecular weight excluding hydrogens is 226 g/mol. The molecule has 0 aliphatic carbocycles. The van der Waals surface area contributed by atoms with Gasteiger partial charge in [-0.15, -0.1) is 0 Å². The van der Waals surface area contributed by atoms with E-state index in [0.29, 0.717) is 23.9 Å². The third-order valence-corrected chi connectivity index (χ3v) is 2.34. The van der Waals surface area contributed by atoms with Crippen LogP contribution < -0.4 is 11.5 Å². The second-order valence-corrected chi connectivity index (χ2v) is 3.72. The summed E-state index contributed by atoms with van der Waals surface area (Å²) in [4.78, 5) is 3.78. The van der Waals surface area contributed by atoms with Crippen molar-refractivity contribution in [2.75, 3.05) is 5.73 Å². The minimum absolute atomic E-state index is 0.321. The molecule has 0 aliphatic rings. The highest BCUT2D eigenvalue weighted by molar-refractivity contribution is 5.46. The van der Waals surface area contributed by atoms with Gasteiger partial charge in [0.15, 0.2) is 0 Å². The lowest BCUT2D eigenvalue weighted by Gasteiger charge is -2.09. The normalized spacial score (nSPS) is 12.3. The Bertz CT molecular complexity index is 464. The van der Waals surface area contributed by atoms with Crippen LogP contribution in [-0.2, 0) is 11.3 Å². The fourth-order valence-corrected chi connectivity index (χ4v) is 1.35. The average Bonchev–Trinajstić information content (AvgIpc) is 2.39. The van der Waals surface area contributed by atoms with Gasteiger partial charge in [0.05, 0.1) is 5.70 Å². The highest BCUT2D eigenvalue weighted by atomic mass is 16.5. The number of nitrogen functional groups attached to an aromatic ring is 1. The Morgan fingerprint density at radius 3 is 2.78 bits per heavy atom. The molecule has 18 heavy (non-hydrogen) atoms. The lowest BCUT2D eigenvalue weighted by atomic mass is 10.2. The van der Waals surface area contributed by atoms with Gasteiger partial charge in [-0.2, -0.15) is 0 Å². The Balaban J connectivity index is 2.74. The molecule has 0 heterocycles. The highest BCUT2D eigenvalue weighted by Crippen LogP contribution is 2.15. The van der Waals surface area contributed by atoms with Gasteiger partial charge in [-0.05, 0) is 25.3 Å². The van der Waals surface area contributed by atoms with Gasteiger partial charge in [-0.1, -0.05) is 31.2 Å². The maximum atomic E-state index is 5.82. The van der Waals surface area contributed by atoms with Crippen molar-refractivity contribution < 1.29 is 4.74 Å². The zero-order chi connectivity index (χ0) is 13.4. The molecule has 4 heteroatoms. The van der Waals surface area contributed by atoms with Gasteiger partial charge in [0.2, 0.25) is 5.88 Å². The van der Waals surface area contributed by atoms with Crippen LogP contribution in [0.1, 0.15) is 18.9 Å². The summed E-state index contributed by atoms with van der Waals surface area (Å²) < 4.78 is 5.51. The number of hydrogen-bond donors (Lipinski definition) is 2. The number of para-hydroxylation sites is 1. The van der Waals surface area contributed by atoms with Gasteiger partial charge < -0.3 is 16.2 Å². The molecule has 96 valence electrons. The van der Waals surface area contributed by atoms with Crippen LogP contribution >= 0.6 is 0 Å². The van der Waals surface area contributed by atoms with Crippen LogP contribution in [0.15, 0.2) is 53.0 Å². The minimum atomic E-state index is 0.321. The zero-order valence-corrected chi connectivity index (χ0v) is 10.6. The van der Waals surface area contributed by atoms with E-state index < -0.39 is 0 Å². The fraction of sp³-hybridized carbons (Fsp3) is 0.214. The number of allylic oxidation sites excluding steroid dienone is 2. The average molecular weight is 245 g/mol. The monoisotopic (exact) mass is 245 g/mol. The smallest absolute Gasteiger partial charge is 0.236 e. The molecule has 4 N–H and O–H groups in total. The van der Waals surface area contributed by atoms with Crippen LogP contribution in [0.4, 0.5) is 5.69 Å². The summed E-state index contributed by atoms with van der Waals surface area (Å²) in [5.74, 6) is 0.322. The number of benzene rings is 1. The quantitative estimate of drug-likeness (QED) is 0.350. The summed E-state index contributed by atoms with van der Waals surface area (Å²) in [6, 6.07) is 7.50. The van der Waals surface area contributed by atoms with Crippen molar-refractivity contribution in [1.29, 1.82) is 0 Å². The molecule has 0 amide bonds. The second kappa shape index (κ2) is 7.17. The van der Waals surface area contributed by atoms with E-state index in [0.717, 1.165) is 12.0 Å². The molecule has 0 saturated heterocycles. The molecule has 0 aliphatic heterocycles. The largest absolute Gasteiger partial charge is 0.471 e. The number of aliphatic imine (C=N–C) groups is 1. The van der Waals surface area contributed by atoms with E-state index in [1.807, 2.05) is 37.3 Å². The zero-order valence-electron chi connectivity index (χ0n) is 10.6. The van der Waals surface area contributed by atoms with E-state index >= 15 is 0 Å². The van der Waals surface area contributed by atoms with Gasteiger partial charge in [-0.3, -0.25) is 0 Å². The standard InChI is InChI=1S/C14H19N3O/c1-3-4-8-13(16)14(17-2)18-10-11-7-5-6-9-12(11)15/h4-9H,2-3,10,15-16H2,1H3/b8-4-,14-13-. The van der Waals surface area contributed by atoms with Crippen LogP contribution in [-0.4, -0.2) is 6.72 Å². The molecule has 4 nitrogen and oxygen atoms in total. The van der Waals surface area contributed by atoms with Crippen molar-refractivity contribution in [3.63, 3.8) is 0 Å². The molecule has 0 saturated carbocycles. The summed E-state index contributed by atoms with van der Waals surface area (Å²) in [7, 11) is 0. The van der Waals surface area contributed by atoms with E-state index in [1.54, 1.807) is 6.08 Å². The number of nitrogens with zero attached hydrogens (tertiary/aromatic N) is 1. The maximum absolute atomic E-state index is 5.82. The molecule has 1 aromatic rings. The molecule has 0 unspecified atom stereocenters. The topological polar surface area (TPSA) is 73.6 Å². The van der Waals surface area contributed by atoms with Crippen LogP contribution in [0.2, 0.25) is 0 Å². The SMILES string of the molecule is C=N/C(OCc1ccccc1N)=C(N)\C=C/CC. The number of hydrogen-bond acceptors (Lipinski definition) is 4. The lowest BCUT2D eigenvalue weighted by molar-refractivity contribution is 0.195. The van der Waals surface area contributed by atoms with Crippen molar-refractivity contribution in [3.8, 4) is 0 Å². The van der Waals surface area contributed by atoms with Crippen LogP contribution in [0.3, 0.4) is 0 Å². The third kappa shape index (κ3) is 3.97. The molecular formula is C14H19N3O. The molecule has 0 radical (unpaired) electrons. The van der Waals surface area contributed by atoms with Crippen LogP contribution in [0, 0.1) is 0 Å². The number of rotatable bonds is 6. The Morgan fingerprint density at radius 2 is 2.17 bits per heavy atom. The summed E-state index contributed by atoms with van der Waals surface area (Å²) in [6.45, 7) is 5.79. The first kappa shape index (κ1) is 13.8. The second-order valence-electron chi connectivity index (χ2n) is 3.72. The maximum Gasteiger partial charge on any atom is 0.236 e. The van der Waals surface area contributed by atoms with E-state index in [-0.39, 0.29) is 0 Å². The van der Waals surface area contributed by atoms with E-state index in [4.69, 9.17) is 16.2 Å². The summed E-state index contributed by atoms with van der Waals surface area (Å²) in [5, 5.41) is 0. The minimum Gasteiger partial charge on any atom is -0.471 e. The fourth-order valence-electron chi connectivity index (χ4n) is 1.35. The number of ether oxygens (including phenoxy) is 1. The number of anilines is 1. The van der Waals surface area contributed by atoms with Crippen LogP contribution in [0.25, 0.3) is 0 Å². The first-order valence-electron chi connectivity index (χ1n) is 5.78. The van der Waals surface area contributed by atoms with Gasteiger partial charge in [-0.25, -0.2) is 4.99 Å². The Labute approximate surface area is 108 Å². The summed E-state index contributed by atoms with van der Waals surface area (Å²) in [6.07, 6.45) is 4.59. The summed E-state index contributed by atoms with van der Waals surface area (Å²) in [5.41, 5.74) is 13.7. The first-order valence-corrected chi connectivity index (χ1v) is 5.78. The number of nitrogens with two attached hydrogens (primary N) is 2. The van der Waals surface area contributed by atoms with Gasteiger partial charge in [0, 0.05) is 11.3 Å². The van der Waals surface area contributed by atoms with Gasteiger partial charge in [0.1, 0.15) is 6.61 Å². The molecule has 0 atom stereocenters. The Morgan fingerprint density at radius 1 is 1.44 bits per heavy atom. The Kier molecular flexibility index (Phi) is 5.51. The van der Waals surface area contributed by atoms with E-state index in [2.05, 4.69) is 11.7 Å². The van der Waals surface area contributed by atoms with Crippen LogP contribution in [0.5, 0.6) is 0 Å². The summed E-state index contributed by atoms with van der Waals surface area (Å²) >= 11 is 0. The molecule has 0 spiro atoms. The van der Waals surface area contributed by atoms with Gasteiger partial charge >= 0.3 is 0 Å². The third-order valence-electron chi connectivity index (χ3n) is 2.34. The predicted molar refractivity (Wildman–Crippen MR) is 75.8 cm³/mol. The van der Waals surface area contributed by atoms with Crippen molar-refractivity contribution >= 4 is 12.4 Å². The van der Waals surface area contributed by atoms with E-state index in [1.165, 1.54) is 0 Å². The first-order chi connectivity index (χ1) is 8.69. The molecule has 0 aromatic heterocycles. The highest BCUT2D eigenvalue weighted by Gasteiger charge is 2.03. The van der Waals surface area contributed by atoms with Crippen molar-refractivity contribution in [1.82, 2.24) is 0 Å². The lowest BCUT2D eigenvalue weighted by Crippen LogP contribution is -2.03.